The van der Waals surface area contributed by atoms with Crippen LogP contribution < -0.4 is 5.32 Å². The number of halogens is 2. The lowest BCUT2D eigenvalue weighted by Crippen LogP contribution is -2.27. The first-order chi connectivity index (χ1) is 7.06. The van der Waals surface area contributed by atoms with Gasteiger partial charge < -0.3 is 10.1 Å². The Kier molecular flexibility index (Phi) is 4.24. The minimum atomic E-state index is -0.467. The maximum atomic E-state index is 11.2. The van der Waals surface area contributed by atoms with Gasteiger partial charge in [-0.2, -0.15) is 0 Å². The molecule has 3 nitrogen and oxygen atoms in total. The predicted molar refractivity (Wildman–Crippen MR) is 61.6 cm³/mol. The molecule has 15 heavy (non-hydrogen) atoms. The summed E-state index contributed by atoms with van der Waals surface area (Å²) in [6, 6.07) is 4.71. The summed E-state index contributed by atoms with van der Waals surface area (Å²) in [4.78, 5) is 11.2. The summed E-state index contributed by atoms with van der Waals surface area (Å²) < 4.78 is 4.58. The molecule has 0 aromatic heterocycles. The fourth-order valence-corrected chi connectivity index (χ4v) is 1.44. The molecule has 0 aliphatic rings. The normalized spacial score (nSPS) is 12.0. The summed E-state index contributed by atoms with van der Waals surface area (Å²) in [6.07, 6.45) is 0. The molecule has 0 spiro atoms. The molecular formula is C10H11Cl2NO2. The fourth-order valence-electron chi connectivity index (χ4n) is 1.08. The molecule has 82 valence electrons. The fraction of sp³-hybridized carbons (Fsp3) is 0.300. The van der Waals surface area contributed by atoms with E-state index in [0.717, 1.165) is 0 Å². The minimum Gasteiger partial charge on any atom is -0.467 e. The molecule has 1 unspecified atom stereocenters. The van der Waals surface area contributed by atoms with Gasteiger partial charge >= 0.3 is 5.97 Å². The van der Waals surface area contributed by atoms with Crippen molar-refractivity contribution in [1.82, 2.24) is 0 Å². The zero-order valence-electron chi connectivity index (χ0n) is 8.38. The van der Waals surface area contributed by atoms with Crippen molar-refractivity contribution in [1.29, 1.82) is 0 Å². The van der Waals surface area contributed by atoms with Crippen molar-refractivity contribution in [2.45, 2.75) is 13.0 Å². The molecule has 1 atom stereocenters. The van der Waals surface area contributed by atoms with Gasteiger partial charge in [0.05, 0.1) is 22.8 Å². The van der Waals surface area contributed by atoms with Gasteiger partial charge in [-0.25, -0.2) is 4.79 Å². The first-order valence-corrected chi connectivity index (χ1v) is 5.10. The molecular weight excluding hydrogens is 237 g/mol. The van der Waals surface area contributed by atoms with Gasteiger partial charge in [-0.3, -0.25) is 0 Å². The lowest BCUT2D eigenvalue weighted by Gasteiger charge is -2.14. The lowest BCUT2D eigenvalue weighted by atomic mass is 10.2. The van der Waals surface area contributed by atoms with Crippen LogP contribution in [0.5, 0.6) is 0 Å². The van der Waals surface area contributed by atoms with Gasteiger partial charge in [-0.1, -0.05) is 29.3 Å². The molecule has 0 aliphatic carbocycles. The summed E-state index contributed by atoms with van der Waals surface area (Å²) in [5.41, 5.74) is 0.613. The summed E-state index contributed by atoms with van der Waals surface area (Å²) in [7, 11) is 1.33. The molecule has 0 fully saturated rings. The van der Waals surface area contributed by atoms with Crippen molar-refractivity contribution in [2.24, 2.45) is 0 Å². The van der Waals surface area contributed by atoms with Crippen molar-refractivity contribution in [3.63, 3.8) is 0 Å². The number of carbonyl (C=O) groups excluding carboxylic acids is 1. The number of hydrogen-bond acceptors (Lipinski definition) is 3. The standard InChI is InChI=1S/C10H11Cl2NO2/c1-6(10(14)15-2)13-8-5-3-4-7(11)9(8)12/h3-6,13H,1-2H3. The highest BCUT2D eigenvalue weighted by atomic mass is 35.5. The number of nitrogens with one attached hydrogen (secondary N) is 1. The second-order valence-corrected chi connectivity index (χ2v) is 3.78. The molecule has 0 saturated heterocycles. The molecule has 0 bridgehead atoms. The van der Waals surface area contributed by atoms with Crippen molar-refractivity contribution < 1.29 is 9.53 Å². The van der Waals surface area contributed by atoms with Crippen LogP contribution in [0.15, 0.2) is 18.2 Å². The minimum absolute atomic E-state index is 0.356. The Balaban J connectivity index is 2.81. The number of methoxy groups -OCH3 is 1. The van der Waals surface area contributed by atoms with Crippen LogP contribution in [-0.4, -0.2) is 19.1 Å². The molecule has 0 radical (unpaired) electrons. The second-order valence-electron chi connectivity index (χ2n) is 2.99. The molecule has 5 heteroatoms. The molecule has 1 aromatic carbocycles. The predicted octanol–water partition coefficient (Wildman–Crippen LogP) is 2.97. The Morgan fingerprint density at radius 2 is 2.13 bits per heavy atom. The smallest absolute Gasteiger partial charge is 0.327 e. The van der Waals surface area contributed by atoms with Crippen LogP contribution in [0.3, 0.4) is 0 Å². The summed E-state index contributed by atoms with van der Waals surface area (Å²) in [5, 5.41) is 3.75. The van der Waals surface area contributed by atoms with E-state index in [4.69, 9.17) is 23.2 Å². The van der Waals surface area contributed by atoms with Gasteiger partial charge in [-0.15, -0.1) is 0 Å². The third-order valence-corrected chi connectivity index (χ3v) is 2.70. The number of hydrogen-bond donors (Lipinski definition) is 1. The van der Waals surface area contributed by atoms with Gasteiger partial charge in [0.15, 0.2) is 0 Å². The molecule has 0 heterocycles. The highest BCUT2D eigenvalue weighted by Crippen LogP contribution is 2.29. The molecule has 1 aromatic rings. The van der Waals surface area contributed by atoms with Crippen molar-refractivity contribution >= 4 is 34.9 Å². The van der Waals surface area contributed by atoms with Crippen molar-refractivity contribution in [3.05, 3.63) is 28.2 Å². The zero-order chi connectivity index (χ0) is 11.4. The Labute approximate surface area is 98.3 Å². The number of ether oxygens (including phenoxy) is 1. The molecule has 0 aliphatic heterocycles. The van der Waals surface area contributed by atoms with E-state index in [0.29, 0.717) is 15.7 Å². The van der Waals surface area contributed by atoms with E-state index in [9.17, 15) is 4.79 Å². The quantitative estimate of drug-likeness (QED) is 0.835. The van der Waals surface area contributed by atoms with Gasteiger partial charge in [0.25, 0.3) is 0 Å². The molecule has 1 N–H and O–H groups in total. The first-order valence-electron chi connectivity index (χ1n) is 4.34. The third-order valence-electron chi connectivity index (χ3n) is 1.88. The Bertz CT molecular complexity index is 368. The monoisotopic (exact) mass is 247 g/mol. The summed E-state index contributed by atoms with van der Waals surface area (Å²) in [5.74, 6) is -0.356. The van der Waals surface area contributed by atoms with Crippen LogP contribution in [0.4, 0.5) is 5.69 Å². The van der Waals surface area contributed by atoms with E-state index < -0.39 is 6.04 Å². The van der Waals surface area contributed by atoms with E-state index in [2.05, 4.69) is 10.1 Å². The maximum Gasteiger partial charge on any atom is 0.327 e. The van der Waals surface area contributed by atoms with Crippen LogP contribution in [0, 0.1) is 0 Å². The van der Waals surface area contributed by atoms with E-state index in [1.165, 1.54) is 7.11 Å². The van der Waals surface area contributed by atoms with Crippen molar-refractivity contribution in [2.75, 3.05) is 12.4 Å². The number of esters is 1. The SMILES string of the molecule is COC(=O)C(C)Nc1cccc(Cl)c1Cl. The topological polar surface area (TPSA) is 38.3 Å². The lowest BCUT2D eigenvalue weighted by molar-refractivity contribution is -0.141. The first kappa shape index (κ1) is 12.1. The average molecular weight is 248 g/mol. The van der Waals surface area contributed by atoms with E-state index in [-0.39, 0.29) is 5.97 Å². The van der Waals surface area contributed by atoms with Gasteiger partial charge in [0, 0.05) is 0 Å². The van der Waals surface area contributed by atoms with Crippen LogP contribution in [-0.2, 0) is 9.53 Å². The molecule has 0 saturated carbocycles. The van der Waals surface area contributed by atoms with Crippen LogP contribution in [0.1, 0.15) is 6.92 Å². The average Bonchev–Trinajstić information content (AvgIpc) is 2.23. The Hall–Kier alpha value is -0.930. The molecule has 1 rings (SSSR count). The van der Waals surface area contributed by atoms with Crippen LogP contribution >= 0.6 is 23.2 Å². The van der Waals surface area contributed by atoms with Crippen LogP contribution in [0.2, 0.25) is 10.0 Å². The summed E-state index contributed by atoms with van der Waals surface area (Å²) >= 11 is 11.8. The van der Waals surface area contributed by atoms with Gasteiger partial charge in [0.2, 0.25) is 0 Å². The zero-order valence-corrected chi connectivity index (χ0v) is 9.89. The summed E-state index contributed by atoms with van der Waals surface area (Å²) in [6.45, 7) is 1.68. The number of carbonyl (C=O) groups is 1. The third kappa shape index (κ3) is 3.01. The molecule has 0 amide bonds. The number of anilines is 1. The van der Waals surface area contributed by atoms with E-state index in [1.54, 1.807) is 25.1 Å². The Morgan fingerprint density at radius 1 is 1.47 bits per heavy atom. The van der Waals surface area contributed by atoms with Gasteiger partial charge in [0.1, 0.15) is 6.04 Å². The van der Waals surface area contributed by atoms with Gasteiger partial charge in [-0.05, 0) is 19.1 Å². The van der Waals surface area contributed by atoms with E-state index >= 15 is 0 Å². The Morgan fingerprint density at radius 3 is 2.73 bits per heavy atom. The van der Waals surface area contributed by atoms with E-state index in [1.807, 2.05) is 0 Å². The largest absolute Gasteiger partial charge is 0.467 e. The number of benzene rings is 1. The highest BCUT2D eigenvalue weighted by Gasteiger charge is 2.14. The maximum absolute atomic E-state index is 11.2. The number of rotatable bonds is 3. The highest BCUT2D eigenvalue weighted by molar-refractivity contribution is 6.43. The second kappa shape index (κ2) is 5.24. The van der Waals surface area contributed by atoms with Crippen LogP contribution in [0.25, 0.3) is 0 Å². The van der Waals surface area contributed by atoms with Crippen molar-refractivity contribution in [3.8, 4) is 0 Å².